The second kappa shape index (κ2) is 2.78. The number of methoxy groups -OCH3 is 1. The van der Waals surface area contributed by atoms with Crippen molar-refractivity contribution in [1.82, 2.24) is 0 Å². The fourth-order valence-electron chi connectivity index (χ4n) is 0.913. The third-order valence-electron chi connectivity index (χ3n) is 1.37. The molecule has 0 aliphatic carbocycles. The standard InChI is InChI=1S/C8H9FO2/c1-5-3-6(9)8(11-2)7(10)4-5/h3-4,10H,1-2H3. The number of hydrogen-bond donors (Lipinski definition) is 1. The van der Waals surface area contributed by atoms with Crippen molar-refractivity contribution in [3.63, 3.8) is 0 Å². The maximum Gasteiger partial charge on any atom is 0.196 e. The van der Waals surface area contributed by atoms with Crippen LogP contribution < -0.4 is 4.74 Å². The summed E-state index contributed by atoms with van der Waals surface area (Å²) in [5.74, 6) is -0.800. The van der Waals surface area contributed by atoms with Crippen LogP contribution in [0.15, 0.2) is 12.1 Å². The van der Waals surface area contributed by atoms with E-state index in [9.17, 15) is 4.39 Å². The van der Waals surface area contributed by atoms with Gasteiger partial charge in [-0.2, -0.15) is 0 Å². The lowest BCUT2D eigenvalue weighted by Crippen LogP contribution is -1.89. The van der Waals surface area contributed by atoms with Crippen molar-refractivity contribution in [3.05, 3.63) is 23.5 Å². The summed E-state index contributed by atoms with van der Waals surface area (Å²) in [6.45, 7) is 1.70. The van der Waals surface area contributed by atoms with E-state index >= 15 is 0 Å². The summed E-state index contributed by atoms with van der Waals surface area (Å²) in [5, 5.41) is 9.11. The highest BCUT2D eigenvalue weighted by Gasteiger charge is 2.07. The molecule has 0 aromatic heterocycles. The Kier molecular flexibility index (Phi) is 1.98. The smallest absolute Gasteiger partial charge is 0.196 e. The van der Waals surface area contributed by atoms with Crippen LogP contribution in [-0.4, -0.2) is 12.2 Å². The van der Waals surface area contributed by atoms with E-state index < -0.39 is 5.82 Å². The van der Waals surface area contributed by atoms with Gasteiger partial charge in [0.05, 0.1) is 7.11 Å². The van der Waals surface area contributed by atoms with Gasteiger partial charge in [0.25, 0.3) is 0 Å². The summed E-state index contributed by atoms with van der Waals surface area (Å²) in [5.41, 5.74) is 0.667. The average Bonchev–Trinajstić information content (AvgIpc) is 1.85. The lowest BCUT2D eigenvalue weighted by molar-refractivity contribution is 0.351. The van der Waals surface area contributed by atoms with Gasteiger partial charge in [0, 0.05) is 0 Å². The fourth-order valence-corrected chi connectivity index (χ4v) is 0.913. The van der Waals surface area contributed by atoms with Crippen molar-refractivity contribution < 1.29 is 14.2 Å². The van der Waals surface area contributed by atoms with E-state index in [1.165, 1.54) is 19.2 Å². The molecule has 3 heteroatoms. The van der Waals surface area contributed by atoms with Gasteiger partial charge in [-0.3, -0.25) is 0 Å². The molecule has 1 rings (SSSR count). The van der Waals surface area contributed by atoms with Gasteiger partial charge < -0.3 is 9.84 Å². The molecular formula is C8H9FO2. The molecule has 0 radical (unpaired) electrons. The molecule has 1 aromatic rings. The number of aromatic hydroxyl groups is 1. The fraction of sp³-hybridized carbons (Fsp3) is 0.250. The molecule has 0 amide bonds. The van der Waals surface area contributed by atoms with Crippen LogP contribution in [0.4, 0.5) is 4.39 Å². The molecule has 1 aromatic carbocycles. The van der Waals surface area contributed by atoms with Crippen molar-refractivity contribution in [3.8, 4) is 11.5 Å². The molecule has 0 heterocycles. The molecule has 11 heavy (non-hydrogen) atoms. The Morgan fingerprint density at radius 3 is 2.55 bits per heavy atom. The van der Waals surface area contributed by atoms with Crippen LogP contribution in [0, 0.1) is 12.7 Å². The lowest BCUT2D eigenvalue weighted by Gasteiger charge is -2.04. The normalized spacial score (nSPS) is 9.73. The molecule has 0 aliphatic rings. The Hall–Kier alpha value is -1.25. The molecule has 0 unspecified atom stereocenters. The Bertz CT molecular complexity index is 248. The van der Waals surface area contributed by atoms with Gasteiger partial charge in [0.15, 0.2) is 17.3 Å². The second-order valence-electron chi connectivity index (χ2n) is 2.30. The van der Waals surface area contributed by atoms with Gasteiger partial charge >= 0.3 is 0 Å². The SMILES string of the molecule is COc1c(O)cc(C)cc1F. The molecule has 2 nitrogen and oxygen atoms in total. The van der Waals surface area contributed by atoms with Gasteiger partial charge in [-0.05, 0) is 24.6 Å². The summed E-state index contributed by atoms with van der Waals surface area (Å²) in [7, 11) is 1.31. The average molecular weight is 156 g/mol. The molecule has 0 bridgehead atoms. The number of aryl methyl sites for hydroxylation is 1. The first kappa shape index (κ1) is 7.85. The van der Waals surface area contributed by atoms with Crippen LogP contribution in [0.3, 0.4) is 0 Å². The molecule has 0 atom stereocenters. The number of phenolic OH excluding ortho intramolecular Hbond substituents is 1. The van der Waals surface area contributed by atoms with Crippen molar-refractivity contribution >= 4 is 0 Å². The first-order valence-corrected chi connectivity index (χ1v) is 3.18. The van der Waals surface area contributed by atoms with E-state index in [4.69, 9.17) is 5.11 Å². The van der Waals surface area contributed by atoms with Gasteiger partial charge in [-0.15, -0.1) is 0 Å². The molecular weight excluding hydrogens is 147 g/mol. The molecule has 0 spiro atoms. The van der Waals surface area contributed by atoms with E-state index in [0.717, 1.165) is 0 Å². The quantitative estimate of drug-likeness (QED) is 0.672. The number of halogens is 1. The maximum atomic E-state index is 12.8. The monoisotopic (exact) mass is 156 g/mol. The predicted octanol–water partition coefficient (Wildman–Crippen LogP) is 1.85. The van der Waals surface area contributed by atoms with Crippen LogP contribution in [0.25, 0.3) is 0 Å². The third kappa shape index (κ3) is 1.42. The first-order valence-electron chi connectivity index (χ1n) is 3.18. The Labute approximate surface area is 64.2 Å². The topological polar surface area (TPSA) is 29.5 Å². The van der Waals surface area contributed by atoms with Gasteiger partial charge in [0.1, 0.15) is 0 Å². The summed E-state index contributed by atoms with van der Waals surface area (Å²) in [6.07, 6.45) is 0. The van der Waals surface area contributed by atoms with Crippen LogP contribution in [0.2, 0.25) is 0 Å². The van der Waals surface area contributed by atoms with Crippen molar-refractivity contribution in [2.45, 2.75) is 6.92 Å². The number of phenols is 1. The van der Waals surface area contributed by atoms with Crippen LogP contribution in [0.1, 0.15) is 5.56 Å². The summed E-state index contributed by atoms with van der Waals surface area (Å²) in [6, 6.07) is 2.75. The minimum Gasteiger partial charge on any atom is -0.504 e. The minimum atomic E-state index is -0.537. The Morgan fingerprint density at radius 2 is 2.09 bits per heavy atom. The number of rotatable bonds is 1. The Balaban J connectivity index is 3.25. The summed E-state index contributed by atoms with van der Waals surface area (Å²) in [4.78, 5) is 0. The van der Waals surface area contributed by atoms with E-state index in [2.05, 4.69) is 4.74 Å². The predicted molar refractivity (Wildman–Crippen MR) is 39.4 cm³/mol. The largest absolute Gasteiger partial charge is 0.504 e. The zero-order valence-corrected chi connectivity index (χ0v) is 6.39. The van der Waals surface area contributed by atoms with Crippen molar-refractivity contribution in [2.24, 2.45) is 0 Å². The van der Waals surface area contributed by atoms with Gasteiger partial charge in [-0.1, -0.05) is 0 Å². The van der Waals surface area contributed by atoms with E-state index in [1.54, 1.807) is 6.92 Å². The molecule has 0 saturated heterocycles. The highest BCUT2D eigenvalue weighted by molar-refractivity contribution is 5.42. The summed E-state index contributed by atoms with van der Waals surface area (Å²) >= 11 is 0. The van der Waals surface area contributed by atoms with Crippen LogP contribution in [0.5, 0.6) is 11.5 Å². The first-order chi connectivity index (χ1) is 5.15. The van der Waals surface area contributed by atoms with E-state index in [0.29, 0.717) is 5.56 Å². The van der Waals surface area contributed by atoms with Crippen LogP contribution >= 0.6 is 0 Å². The molecule has 0 saturated carbocycles. The molecule has 60 valence electrons. The van der Waals surface area contributed by atoms with Gasteiger partial charge in [0.2, 0.25) is 0 Å². The maximum absolute atomic E-state index is 12.8. The highest BCUT2D eigenvalue weighted by atomic mass is 19.1. The zero-order chi connectivity index (χ0) is 8.43. The number of hydrogen-bond acceptors (Lipinski definition) is 2. The van der Waals surface area contributed by atoms with Gasteiger partial charge in [-0.25, -0.2) is 4.39 Å². The van der Waals surface area contributed by atoms with Crippen molar-refractivity contribution in [1.29, 1.82) is 0 Å². The highest BCUT2D eigenvalue weighted by Crippen LogP contribution is 2.29. The van der Waals surface area contributed by atoms with E-state index in [1.807, 2.05) is 0 Å². The molecule has 0 fully saturated rings. The number of benzene rings is 1. The third-order valence-corrected chi connectivity index (χ3v) is 1.37. The zero-order valence-electron chi connectivity index (χ0n) is 6.39. The van der Waals surface area contributed by atoms with Crippen LogP contribution in [-0.2, 0) is 0 Å². The van der Waals surface area contributed by atoms with E-state index in [-0.39, 0.29) is 11.5 Å². The summed E-state index contributed by atoms with van der Waals surface area (Å²) < 4.78 is 17.4. The molecule has 1 N–H and O–H groups in total. The lowest BCUT2D eigenvalue weighted by atomic mass is 10.2. The van der Waals surface area contributed by atoms with Crippen molar-refractivity contribution in [2.75, 3.05) is 7.11 Å². The molecule has 0 aliphatic heterocycles. The second-order valence-corrected chi connectivity index (χ2v) is 2.30. The minimum absolute atomic E-state index is 0.101. The Morgan fingerprint density at radius 1 is 1.45 bits per heavy atom. The number of ether oxygens (including phenoxy) is 1.